The molecular formula is C13H18N2O4. The van der Waals surface area contributed by atoms with E-state index in [1.807, 2.05) is 30.3 Å². The summed E-state index contributed by atoms with van der Waals surface area (Å²) >= 11 is 0. The first-order valence-corrected chi connectivity index (χ1v) is 6.08. The lowest BCUT2D eigenvalue weighted by Crippen LogP contribution is -2.30. The van der Waals surface area contributed by atoms with Crippen LogP contribution in [0.1, 0.15) is 30.7 Å². The van der Waals surface area contributed by atoms with Crippen molar-refractivity contribution in [2.45, 2.75) is 25.2 Å². The van der Waals surface area contributed by atoms with Gasteiger partial charge in [-0.25, -0.2) is 9.59 Å². The van der Waals surface area contributed by atoms with Crippen LogP contribution in [0.15, 0.2) is 30.3 Å². The molecule has 1 unspecified atom stereocenters. The number of rotatable bonds is 7. The molecule has 0 fully saturated rings. The molecule has 1 atom stereocenters. The smallest absolute Gasteiger partial charge is 0.349 e. The van der Waals surface area contributed by atoms with Crippen molar-refractivity contribution in [1.82, 2.24) is 5.32 Å². The lowest BCUT2D eigenvalue weighted by Gasteiger charge is -2.13. The van der Waals surface area contributed by atoms with Crippen LogP contribution >= 0.6 is 0 Å². The highest BCUT2D eigenvalue weighted by Gasteiger charge is 2.21. The maximum absolute atomic E-state index is 11.5. The van der Waals surface area contributed by atoms with E-state index in [1.165, 1.54) is 0 Å². The highest BCUT2D eigenvalue weighted by atomic mass is 17.1. The zero-order valence-corrected chi connectivity index (χ0v) is 10.5. The van der Waals surface area contributed by atoms with Gasteiger partial charge < -0.3 is 15.9 Å². The fourth-order valence-corrected chi connectivity index (χ4v) is 1.85. The summed E-state index contributed by atoms with van der Waals surface area (Å²) < 4.78 is 0. The highest BCUT2D eigenvalue weighted by Crippen LogP contribution is 2.23. The van der Waals surface area contributed by atoms with E-state index >= 15 is 0 Å². The lowest BCUT2D eigenvalue weighted by molar-refractivity contribution is -0.236. The summed E-state index contributed by atoms with van der Waals surface area (Å²) in [6.45, 7) is 0.463. The summed E-state index contributed by atoms with van der Waals surface area (Å²) in [6.07, 6.45) is 1.93. The van der Waals surface area contributed by atoms with E-state index in [2.05, 4.69) is 10.2 Å². The minimum absolute atomic E-state index is 0.463. The summed E-state index contributed by atoms with van der Waals surface area (Å²) in [7, 11) is 0. The number of nitrogens with one attached hydrogen (secondary N) is 1. The van der Waals surface area contributed by atoms with Crippen LogP contribution in [0, 0.1) is 0 Å². The Morgan fingerprint density at radius 1 is 1.26 bits per heavy atom. The summed E-state index contributed by atoms with van der Waals surface area (Å²) in [6, 6.07) is 8.55. The summed E-state index contributed by atoms with van der Waals surface area (Å²) in [5.41, 5.74) is 5.73. The minimum Gasteiger partial charge on any atom is -0.352 e. The minimum atomic E-state index is -0.672. The number of unbranched alkanes of at least 4 members (excludes halogenated alkanes) is 1. The standard InChI is InChI=1S/C13H18N2O4/c14-13(17)15-9-5-4-8-11(12(16)19-18)10-6-2-1-3-7-10/h1-3,6-7,11,18H,4-5,8-9H2,(H3,14,15,17). The van der Waals surface area contributed by atoms with Gasteiger partial charge >= 0.3 is 12.0 Å². The van der Waals surface area contributed by atoms with Gasteiger partial charge in [-0.3, -0.25) is 0 Å². The van der Waals surface area contributed by atoms with E-state index < -0.39 is 17.9 Å². The van der Waals surface area contributed by atoms with Crippen LogP contribution in [0.2, 0.25) is 0 Å². The van der Waals surface area contributed by atoms with Crippen LogP contribution < -0.4 is 11.1 Å². The van der Waals surface area contributed by atoms with Gasteiger partial charge in [-0.1, -0.05) is 36.8 Å². The van der Waals surface area contributed by atoms with E-state index in [0.717, 1.165) is 5.56 Å². The number of benzene rings is 1. The number of urea groups is 1. The van der Waals surface area contributed by atoms with Crippen molar-refractivity contribution >= 4 is 12.0 Å². The van der Waals surface area contributed by atoms with Crippen molar-refractivity contribution in [2.24, 2.45) is 5.73 Å². The van der Waals surface area contributed by atoms with Crippen LogP contribution in [0.5, 0.6) is 0 Å². The number of primary amides is 1. The third-order valence-corrected chi connectivity index (χ3v) is 2.80. The average molecular weight is 266 g/mol. The van der Waals surface area contributed by atoms with Gasteiger partial charge in [0.25, 0.3) is 0 Å². The molecule has 0 spiro atoms. The summed E-state index contributed by atoms with van der Waals surface area (Å²) in [5, 5.41) is 11.0. The van der Waals surface area contributed by atoms with Gasteiger partial charge in [-0.15, -0.1) is 0 Å². The van der Waals surface area contributed by atoms with E-state index in [-0.39, 0.29) is 0 Å². The van der Waals surface area contributed by atoms with Gasteiger partial charge in [0, 0.05) is 6.54 Å². The molecule has 1 rings (SSSR count). The molecule has 0 radical (unpaired) electrons. The number of nitrogens with two attached hydrogens (primary N) is 1. The maximum atomic E-state index is 11.5. The van der Waals surface area contributed by atoms with Crippen LogP contribution in [0.4, 0.5) is 4.79 Å². The van der Waals surface area contributed by atoms with Crippen molar-refractivity contribution < 1.29 is 19.7 Å². The molecule has 1 aromatic rings. The monoisotopic (exact) mass is 266 g/mol. The van der Waals surface area contributed by atoms with Gasteiger partial charge in [-0.2, -0.15) is 5.26 Å². The molecule has 0 bridgehead atoms. The lowest BCUT2D eigenvalue weighted by atomic mass is 9.94. The predicted octanol–water partition coefficient (Wildman–Crippen LogP) is 1.62. The molecule has 6 heteroatoms. The Bertz CT molecular complexity index is 408. The second-order valence-electron chi connectivity index (χ2n) is 4.16. The molecular weight excluding hydrogens is 248 g/mol. The summed E-state index contributed by atoms with van der Waals surface area (Å²) in [5.74, 6) is -1.17. The predicted molar refractivity (Wildman–Crippen MR) is 69.3 cm³/mol. The van der Waals surface area contributed by atoms with Gasteiger partial charge in [0.1, 0.15) is 0 Å². The fourth-order valence-electron chi connectivity index (χ4n) is 1.85. The Morgan fingerprint density at radius 2 is 1.95 bits per heavy atom. The second-order valence-corrected chi connectivity index (χ2v) is 4.16. The van der Waals surface area contributed by atoms with Gasteiger partial charge in [0.05, 0.1) is 5.92 Å². The zero-order chi connectivity index (χ0) is 14.1. The normalized spacial score (nSPS) is 11.6. The number of hydrogen-bond acceptors (Lipinski definition) is 4. The average Bonchev–Trinajstić information content (AvgIpc) is 2.42. The number of hydrogen-bond donors (Lipinski definition) is 3. The van der Waals surface area contributed by atoms with Gasteiger partial charge in [0.2, 0.25) is 0 Å². The second kappa shape index (κ2) is 8.10. The molecule has 0 saturated carbocycles. The first-order chi connectivity index (χ1) is 9.15. The molecule has 0 heterocycles. The Labute approximate surface area is 111 Å². The van der Waals surface area contributed by atoms with Crippen molar-refractivity contribution in [3.63, 3.8) is 0 Å². The van der Waals surface area contributed by atoms with Crippen LogP contribution in [-0.4, -0.2) is 23.8 Å². The van der Waals surface area contributed by atoms with E-state index in [1.54, 1.807) is 0 Å². The Kier molecular flexibility index (Phi) is 6.38. The van der Waals surface area contributed by atoms with Crippen molar-refractivity contribution in [1.29, 1.82) is 0 Å². The molecule has 0 aliphatic heterocycles. The molecule has 0 aromatic heterocycles. The molecule has 19 heavy (non-hydrogen) atoms. The Balaban J connectivity index is 2.48. The van der Waals surface area contributed by atoms with Crippen molar-refractivity contribution in [2.75, 3.05) is 6.54 Å². The molecule has 0 aliphatic carbocycles. The number of carbonyl (C=O) groups is 2. The zero-order valence-electron chi connectivity index (χ0n) is 10.5. The molecule has 2 amide bonds. The van der Waals surface area contributed by atoms with E-state index in [4.69, 9.17) is 11.0 Å². The van der Waals surface area contributed by atoms with Crippen molar-refractivity contribution in [3.8, 4) is 0 Å². The molecule has 4 N–H and O–H groups in total. The van der Waals surface area contributed by atoms with Crippen molar-refractivity contribution in [3.05, 3.63) is 35.9 Å². The van der Waals surface area contributed by atoms with Crippen LogP contribution in [0.25, 0.3) is 0 Å². The van der Waals surface area contributed by atoms with Crippen LogP contribution in [-0.2, 0) is 9.68 Å². The van der Waals surface area contributed by atoms with Gasteiger partial charge in [0.15, 0.2) is 0 Å². The van der Waals surface area contributed by atoms with Crippen LogP contribution in [0.3, 0.4) is 0 Å². The Morgan fingerprint density at radius 3 is 2.53 bits per heavy atom. The Hall–Kier alpha value is -2.08. The molecule has 104 valence electrons. The first kappa shape index (κ1) is 15.0. The quantitative estimate of drug-likeness (QED) is 0.396. The number of amides is 2. The largest absolute Gasteiger partial charge is 0.352 e. The molecule has 0 aliphatic rings. The topological polar surface area (TPSA) is 102 Å². The molecule has 1 aromatic carbocycles. The first-order valence-electron chi connectivity index (χ1n) is 6.08. The van der Waals surface area contributed by atoms with Gasteiger partial charge in [-0.05, 0) is 18.4 Å². The third-order valence-electron chi connectivity index (χ3n) is 2.80. The summed E-state index contributed by atoms with van der Waals surface area (Å²) in [4.78, 5) is 25.8. The number of carbonyl (C=O) groups excluding carboxylic acids is 2. The SMILES string of the molecule is NC(=O)NCCCCC(C(=O)OO)c1ccccc1. The molecule has 6 nitrogen and oxygen atoms in total. The maximum Gasteiger partial charge on any atom is 0.349 e. The third kappa shape index (κ3) is 5.39. The highest BCUT2D eigenvalue weighted by molar-refractivity contribution is 5.77. The van der Waals surface area contributed by atoms with E-state index in [0.29, 0.717) is 25.8 Å². The van der Waals surface area contributed by atoms with E-state index in [9.17, 15) is 9.59 Å². The fraction of sp³-hybridized carbons (Fsp3) is 0.385. The molecule has 0 saturated heterocycles.